The predicted octanol–water partition coefficient (Wildman–Crippen LogP) is 2.38. The molecule has 2 heterocycles. The average molecular weight is 270 g/mol. The monoisotopic (exact) mass is 270 g/mol. The summed E-state index contributed by atoms with van der Waals surface area (Å²) in [5.41, 5.74) is 7.77. The minimum Gasteiger partial charge on any atom is -0.330 e. The molecule has 4 nitrogen and oxygen atoms in total. The minimum atomic E-state index is 0.651. The number of nitrogens with zero attached hydrogens (tertiary/aromatic N) is 3. The molecule has 0 aliphatic rings. The van der Waals surface area contributed by atoms with Gasteiger partial charge in [0.15, 0.2) is 10.8 Å². The molecule has 3 rings (SSSR count). The van der Waals surface area contributed by atoms with Crippen molar-refractivity contribution in [2.24, 2.45) is 5.73 Å². The summed E-state index contributed by atoms with van der Waals surface area (Å²) in [7, 11) is 0. The van der Waals surface area contributed by atoms with E-state index in [-0.39, 0.29) is 0 Å². The molecule has 0 amide bonds. The summed E-state index contributed by atoms with van der Waals surface area (Å²) >= 11 is 1.62. The molecule has 0 fully saturated rings. The highest BCUT2D eigenvalue weighted by molar-refractivity contribution is 7.99. The molecule has 0 spiro atoms. The van der Waals surface area contributed by atoms with E-state index >= 15 is 0 Å². The first kappa shape index (κ1) is 12.2. The van der Waals surface area contributed by atoms with Gasteiger partial charge in [-0.05, 0) is 48.5 Å². The van der Waals surface area contributed by atoms with Crippen LogP contribution in [-0.4, -0.2) is 21.1 Å². The number of pyridine rings is 1. The molecule has 0 aliphatic heterocycles. The summed E-state index contributed by atoms with van der Waals surface area (Å²) in [4.78, 5) is 1.19. The average Bonchev–Trinajstić information content (AvgIpc) is 2.85. The highest BCUT2D eigenvalue weighted by atomic mass is 32.2. The Labute approximate surface area is 115 Å². The van der Waals surface area contributed by atoms with Gasteiger partial charge in [-0.3, -0.25) is 4.40 Å². The highest BCUT2D eigenvalue weighted by Crippen LogP contribution is 2.29. The molecule has 96 valence electrons. The maximum absolute atomic E-state index is 5.65. The number of benzene rings is 1. The Morgan fingerprint density at radius 3 is 2.79 bits per heavy atom. The Kier molecular flexibility index (Phi) is 3.48. The first-order chi connectivity index (χ1) is 9.38. The van der Waals surface area contributed by atoms with Gasteiger partial charge in [-0.15, -0.1) is 10.2 Å². The van der Waals surface area contributed by atoms with Crippen LogP contribution in [-0.2, 0) is 6.42 Å². The number of aromatic nitrogens is 3. The van der Waals surface area contributed by atoms with E-state index in [4.69, 9.17) is 5.73 Å². The lowest BCUT2D eigenvalue weighted by molar-refractivity contribution is 0.912. The molecule has 0 atom stereocenters. The third kappa shape index (κ3) is 2.47. The van der Waals surface area contributed by atoms with Gasteiger partial charge in [-0.2, -0.15) is 0 Å². The van der Waals surface area contributed by atoms with E-state index in [9.17, 15) is 0 Å². The lowest BCUT2D eigenvalue weighted by Gasteiger charge is -2.06. The van der Waals surface area contributed by atoms with Crippen molar-refractivity contribution in [1.82, 2.24) is 14.6 Å². The third-order valence-electron chi connectivity index (χ3n) is 2.87. The van der Waals surface area contributed by atoms with Crippen LogP contribution in [0.3, 0.4) is 0 Å². The standard InChI is InChI=1S/C14H14N4S/c15-9-8-11-5-1-2-6-12(11)19-14-17-16-13-7-3-4-10-18(13)14/h1-7,10H,8-9,15H2. The lowest BCUT2D eigenvalue weighted by Crippen LogP contribution is -2.03. The smallest absolute Gasteiger partial charge is 0.200 e. The molecule has 0 radical (unpaired) electrons. The lowest BCUT2D eigenvalue weighted by atomic mass is 10.1. The SMILES string of the molecule is NCCc1ccccc1Sc1nnc2ccccn12. The fraction of sp³-hybridized carbons (Fsp3) is 0.143. The van der Waals surface area contributed by atoms with Crippen molar-refractivity contribution < 1.29 is 0 Å². The second-order valence-electron chi connectivity index (χ2n) is 4.16. The van der Waals surface area contributed by atoms with Gasteiger partial charge >= 0.3 is 0 Å². The van der Waals surface area contributed by atoms with Crippen LogP contribution < -0.4 is 5.73 Å². The summed E-state index contributed by atoms with van der Waals surface area (Å²) < 4.78 is 1.99. The number of rotatable bonds is 4. The molecule has 19 heavy (non-hydrogen) atoms. The maximum atomic E-state index is 5.65. The molecule has 1 aromatic carbocycles. The van der Waals surface area contributed by atoms with Crippen LogP contribution in [0.25, 0.3) is 5.65 Å². The molecule has 2 N–H and O–H groups in total. The number of nitrogens with two attached hydrogens (primary N) is 1. The fourth-order valence-electron chi connectivity index (χ4n) is 1.95. The van der Waals surface area contributed by atoms with Gasteiger partial charge in [0.2, 0.25) is 0 Å². The Bertz CT molecular complexity index is 692. The predicted molar refractivity (Wildman–Crippen MR) is 76.3 cm³/mol. The van der Waals surface area contributed by atoms with E-state index < -0.39 is 0 Å². The third-order valence-corrected chi connectivity index (χ3v) is 3.95. The topological polar surface area (TPSA) is 56.2 Å². The van der Waals surface area contributed by atoms with Crippen molar-refractivity contribution in [2.75, 3.05) is 6.54 Å². The largest absolute Gasteiger partial charge is 0.330 e. The molecule has 0 bridgehead atoms. The van der Waals surface area contributed by atoms with Crippen LogP contribution in [0.5, 0.6) is 0 Å². The summed E-state index contributed by atoms with van der Waals surface area (Å²) in [6.07, 6.45) is 2.85. The normalized spacial score (nSPS) is 11.0. The van der Waals surface area contributed by atoms with Crippen molar-refractivity contribution in [3.8, 4) is 0 Å². The summed E-state index contributed by atoms with van der Waals surface area (Å²) in [5.74, 6) is 0. The summed E-state index contributed by atoms with van der Waals surface area (Å²) in [5, 5.41) is 9.27. The Morgan fingerprint density at radius 1 is 1.05 bits per heavy atom. The summed E-state index contributed by atoms with van der Waals surface area (Å²) in [6, 6.07) is 14.2. The molecule has 0 saturated heterocycles. The van der Waals surface area contributed by atoms with Gasteiger partial charge in [-0.1, -0.05) is 24.3 Å². The number of hydrogen-bond acceptors (Lipinski definition) is 4. The Hall–Kier alpha value is -1.85. The van der Waals surface area contributed by atoms with Gasteiger partial charge in [-0.25, -0.2) is 0 Å². The van der Waals surface area contributed by atoms with Crippen molar-refractivity contribution in [1.29, 1.82) is 0 Å². The van der Waals surface area contributed by atoms with Crippen molar-refractivity contribution in [3.05, 3.63) is 54.2 Å². The van der Waals surface area contributed by atoms with Crippen LogP contribution in [0.1, 0.15) is 5.56 Å². The molecule has 0 saturated carbocycles. The van der Waals surface area contributed by atoms with Crippen LogP contribution in [0.15, 0.2) is 58.7 Å². The Morgan fingerprint density at radius 2 is 1.89 bits per heavy atom. The van der Waals surface area contributed by atoms with Crippen molar-refractivity contribution in [2.45, 2.75) is 16.5 Å². The van der Waals surface area contributed by atoms with E-state index in [0.717, 1.165) is 17.2 Å². The molecular formula is C14H14N4S. The zero-order valence-corrected chi connectivity index (χ0v) is 11.2. The first-order valence-corrected chi connectivity index (χ1v) is 6.96. The molecule has 0 unspecified atom stereocenters. The van der Waals surface area contributed by atoms with Crippen LogP contribution in [0.4, 0.5) is 0 Å². The quantitative estimate of drug-likeness (QED) is 0.791. The molecule has 0 aliphatic carbocycles. The van der Waals surface area contributed by atoms with E-state index in [2.05, 4.69) is 22.3 Å². The van der Waals surface area contributed by atoms with Crippen LogP contribution in [0, 0.1) is 0 Å². The highest BCUT2D eigenvalue weighted by Gasteiger charge is 2.09. The van der Waals surface area contributed by atoms with Gasteiger partial charge < -0.3 is 5.73 Å². The van der Waals surface area contributed by atoms with Crippen molar-refractivity contribution in [3.63, 3.8) is 0 Å². The van der Waals surface area contributed by atoms with E-state index in [1.165, 1.54) is 10.5 Å². The van der Waals surface area contributed by atoms with Gasteiger partial charge in [0, 0.05) is 11.1 Å². The second kappa shape index (κ2) is 5.42. The Balaban J connectivity index is 1.97. The second-order valence-corrected chi connectivity index (χ2v) is 5.17. The van der Waals surface area contributed by atoms with Crippen LogP contribution >= 0.6 is 11.8 Å². The molecule has 3 aromatic rings. The summed E-state index contributed by atoms with van der Waals surface area (Å²) in [6.45, 7) is 0.651. The molecule has 2 aromatic heterocycles. The van der Waals surface area contributed by atoms with E-state index in [1.54, 1.807) is 11.8 Å². The molecular weight excluding hydrogens is 256 g/mol. The molecule has 5 heteroatoms. The fourth-order valence-corrected chi connectivity index (χ4v) is 2.93. The zero-order chi connectivity index (χ0) is 13.1. The van der Waals surface area contributed by atoms with E-state index in [0.29, 0.717) is 6.54 Å². The van der Waals surface area contributed by atoms with Gasteiger partial charge in [0.05, 0.1) is 0 Å². The van der Waals surface area contributed by atoms with Gasteiger partial charge in [0.25, 0.3) is 0 Å². The maximum Gasteiger partial charge on any atom is 0.200 e. The van der Waals surface area contributed by atoms with E-state index in [1.807, 2.05) is 40.9 Å². The van der Waals surface area contributed by atoms with Gasteiger partial charge in [0.1, 0.15) is 0 Å². The van der Waals surface area contributed by atoms with Crippen molar-refractivity contribution >= 4 is 17.4 Å². The minimum absolute atomic E-state index is 0.651. The number of hydrogen-bond donors (Lipinski definition) is 1. The first-order valence-electron chi connectivity index (χ1n) is 6.14. The zero-order valence-electron chi connectivity index (χ0n) is 10.4. The number of fused-ring (bicyclic) bond motifs is 1. The van der Waals surface area contributed by atoms with Crippen LogP contribution in [0.2, 0.25) is 0 Å².